The molecule has 7 heteroatoms. The number of halogens is 1. The molecule has 174 valence electrons. The lowest BCUT2D eigenvalue weighted by Crippen LogP contribution is -2.46. The second-order valence-corrected chi connectivity index (χ2v) is 8.75. The van der Waals surface area contributed by atoms with Crippen molar-refractivity contribution in [3.8, 4) is 0 Å². The number of methoxy groups -OCH3 is 1. The van der Waals surface area contributed by atoms with Crippen LogP contribution in [0.1, 0.15) is 50.6 Å². The SMILES string of the molecule is CCNC(=NCC1(CCOC)CCCC1)NCC(c1cccc(F)c1)N1CCOCC1. The van der Waals surface area contributed by atoms with Crippen LogP contribution in [0, 0.1) is 11.2 Å². The van der Waals surface area contributed by atoms with Gasteiger partial charge in [-0.1, -0.05) is 25.0 Å². The maximum absolute atomic E-state index is 13.9. The summed E-state index contributed by atoms with van der Waals surface area (Å²) >= 11 is 0. The molecule has 2 aliphatic rings. The van der Waals surface area contributed by atoms with Gasteiger partial charge in [-0.15, -0.1) is 0 Å². The van der Waals surface area contributed by atoms with Gasteiger partial charge in [0.1, 0.15) is 5.82 Å². The molecular formula is C24H39FN4O2. The molecule has 1 aromatic rings. The van der Waals surface area contributed by atoms with E-state index >= 15 is 0 Å². The average molecular weight is 435 g/mol. The molecule has 0 amide bonds. The molecule has 1 aliphatic heterocycles. The fraction of sp³-hybridized carbons (Fsp3) is 0.708. The number of hydrogen-bond donors (Lipinski definition) is 2. The summed E-state index contributed by atoms with van der Waals surface area (Å²) in [4.78, 5) is 7.34. The van der Waals surface area contributed by atoms with E-state index in [9.17, 15) is 4.39 Å². The summed E-state index contributed by atoms with van der Waals surface area (Å²) in [6.07, 6.45) is 6.06. The third kappa shape index (κ3) is 7.16. The maximum Gasteiger partial charge on any atom is 0.191 e. The maximum atomic E-state index is 13.9. The summed E-state index contributed by atoms with van der Waals surface area (Å²) in [6.45, 7) is 8.27. The number of aliphatic imine (C=N–C) groups is 1. The van der Waals surface area contributed by atoms with Gasteiger partial charge in [0, 0.05) is 46.4 Å². The van der Waals surface area contributed by atoms with Crippen molar-refractivity contribution in [3.63, 3.8) is 0 Å². The van der Waals surface area contributed by atoms with E-state index in [-0.39, 0.29) is 17.3 Å². The molecule has 1 unspecified atom stereocenters. The lowest BCUT2D eigenvalue weighted by Gasteiger charge is -2.35. The monoisotopic (exact) mass is 434 g/mol. The van der Waals surface area contributed by atoms with E-state index in [2.05, 4.69) is 22.5 Å². The standard InChI is InChI=1S/C24H39FN4O2/c1-3-26-23(28-19-24(11-14-30-2)9-4-5-10-24)27-18-22(29-12-15-31-16-13-29)20-7-6-8-21(25)17-20/h6-8,17,22H,3-5,9-16,18-19H2,1-2H3,(H2,26,27,28). The number of nitrogens with zero attached hydrogens (tertiary/aromatic N) is 2. The zero-order valence-electron chi connectivity index (χ0n) is 19.2. The van der Waals surface area contributed by atoms with Crippen LogP contribution in [0.4, 0.5) is 4.39 Å². The Morgan fingerprint density at radius 1 is 1.26 bits per heavy atom. The number of ether oxygens (including phenoxy) is 2. The van der Waals surface area contributed by atoms with Crippen LogP contribution in [0.3, 0.4) is 0 Å². The summed E-state index contributed by atoms with van der Waals surface area (Å²) in [5, 5.41) is 6.93. The summed E-state index contributed by atoms with van der Waals surface area (Å²) < 4.78 is 24.8. The van der Waals surface area contributed by atoms with Crippen LogP contribution < -0.4 is 10.6 Å². The number of hydrogen-bond acceptors (Lipinski definition) is 4. The summed E-state index contributed by atoms with van der Waals surface area (Å²) in [5.41, 5.74) is 1.24. The highest BCUT2D eigenvalue weighted by Crippen LogP contribution is 2.41. The van der Waals surface area contributed by atoms with Gasteiger partial charge in [-0.25, -0.2) is 4.39 Å². The molecule has 1 saturated carbocycles. The second kappa shape index (κ2) is 12.4. The number of nitrogens with one attached hydrogen (secondary N) is 2. The van der Waals surface area contributed by atoms with Crippen LogP contribution in [0.5, 0.6) is 0 Å². The number of benzene rings is 1. The third-order valence-corrected chi connectivity index (χ3v) is 6.60. The van der Waals surface area contributed by atoms with Gasteiger partial charge in [0.15, 0.2) is 5.96 Å². The normalized spacial score (nSPS) is 20.5. The quantitative estimate of drug-likeness (QED) is 0.437. The molecular weight excluding hydrogens is 395 g/mol. The largest absolute Gasteiger partial charge is 0.385 e. The topological polar surface area (TPSA) is 58.1 Å². The predicted molar refractivity (Wildman–Crippen MR) is 123 cm³/mol. The highest BCUT2D eigenvalue weighted by atomic mass is 19.1. The van der Waals surface area contributed by atoms with E-state index in [4.69, 9.17) is 14.5 Å². The molecule has 0 aromatic heterocycles. The van der Waals surface area contributed by atoms with Crippen LogP contribution in [0.25, 0.3) is 0 Å². The second-order valence-electron chi connectivity index (χ2n) is 8.75. The molecule has 31 heavy (non-hydrogen) atoms. The molecule has 3 rings (SSSR count). The first-order chi connectivity index (χ1) is 15.2. The highest BCUT2D eigenvalue weighted by molar-refractivity contribution is 5.79. The van der Waals surface area contributed by atoms with Crippen molar-refractivity contribution < 1.29 is 13.9 Å². The van der Waals surface area contributed by atoms with Crippen molar-refractivity contribution in [1.29, 1.82) is 0 Å². The van der Waals surface area contributed by atoms with Crippen molar-refractivity contribution in [3.05, 3.63) is 35.6 Å². The predicted octanol–water partition coefficient (Wildman–Crippen LogP) is 3.35. The Kier molecular flexibility index (Phi) is 9.55. The van der Waals surface area contributed by atoms with Gasteiger partial charge in [-0.3, -0.25) is 9.89 Å². The molecule has 1 atom stereocenters. The van der Waals surface area contributed by atoms with Gasteiger partial charge >= 0.3 is 0 Å². The van der Waals surface area contributed by atoms with Crippen molar-refractivity contribution in [2.45, 2.75) is 45.1 Å². The van der Waals surface area contributed by atoms with E-state index in [1.807, 2.05) is 6.07 Å². The number of guanidine groups is 1. The molecule has 1 heterocycles. The van der Waals surface area contributed by atoms with E-state index < -0.39 is 0 Å². The minimum absolute atomic E-state index is 0.0670. The fourth-order valence-corrected chi connectivity index (χ4v) is 4.77. The third-order valence-electron chi connectivity index (χ3n) is 6.60. The lowest BCUT2D eigenvalue weighted by atomic mass is 9.83. The first-order valence-electron chi connectivity index (χ1n) is 11.7. The van der Waals surface area contributed by atoms with E-state index in [0.29, 0.717) is 19.8 Å². The first-order valence-corrected chi connectivity index (χ1v) is 11.7. The Hall–Kier alpha value is -1.70. The van der Waals surface area contributed by atoms with Gasteiger partial charge < -0.3 is 20.1 Å². The minimum atomic E-state index is -0.197. The number of rotatable bonds is 10. The van der Waals surface area contributed by atoms with Gasteiger partial charge in [0.05, 0.1) is 19.3 Å². The smallest absolute Gasteiger partial charge is 0.191 e. The van der Waals surface area contributed by atoms with Gasteiger partial charge in [0.2, 0.25) is 0 Å². The Morgan fingerprint density at radius 2 is 2.03 bits per heavy atom. The average Bonchev–Trinajstić information content (AvgIpc) is 3.26. The Bertz CT molecular complexity index is 688. The first kappa shape index (κ1) is 24.0. The molecule has 1 saturated heterocycles. The summed E-state index contributed by atoms with van der Waals surface area (Å²) in [6, 6.07) is 7.01. The van der Waals surface area contributed by atoms with Crippen LogP contribution >= 0.6 is 0 Å². The van der Waals surface area contributed by atoms with Crippen LogP contribution in [0.2, 0.25) is 0 Å². The summed E-state index contributed by atoms with van der Waals surface area (Å²) in [7, 11) is 1.77. The van der Waals surface area contributed by atoms with Crippen LogP contribution in [-0.4, -0.2) is 70.5 Å². The fourth-order valence-electron chi connectivity index (χ4n) is 4.77. The molecule has 1 aliphatic carbocycles. The Balaban J connectivity index is 1.69. The highest BCUT2D eigenvalue weighted by Gasteiger charge is 2.33. The van der Waals surface area contributed by atoms with Crippen LogP contribution in [0.15, 0.2) is 29.3 Å². The van der Waals surface area contributed by atoms with E-state index in [1.54, 1.807) is 19.2 Å². The minimum Gasteiger partial charge on any atom is -0.385 e. The van der Waals surface area contributed by atoms with Gasteiger partial charge in [0.25, 0.3) is 0 Å². The molecule has 1 aromatic carbocycles. The molecule has 0 spiro atoms. The molecule has 2 fully saturated rings. The van der Waals surface area contributed by atoms with Crippen molar-refractivity contribution in [2.24, 2.45) is 10.4 Å². The van der Waals surface area contributed by atoms with Gasteiger partial charge in [-0.2, -0.15) is 0 Å². The van der Waals surface area contributed by atoms with Crippen molar-refractivity contribution in [2.75, 3.05) is 59.7 Å². The Morgan fingerprint density at radius 3 is 2.71 bits per heavy atom. The van der Waals surface area contributed by atoms with Crippen molar-refractivity contribution >= 4 is 5.96 Å². The van der Waals surface area contributed by atoms with Crippen molar-refractivity contribution in [1.82, 2.24) is 15.5 Å². The number of morpholine rings is 1. The Labute approximate surface area is 186 Å². The van der Waals surface area contributed by atoms with Gasteiger partial charge in [-0.05, 0) is 49.3 Å². The van der Waals surface area contributed by atoms with E-state index in [1.165, 1.54) is 31.7 Å². The molecule has 6 nitrogen and oxygen atoms in total. The molecule has 2 N–H and O–H groups in total. The summed E-state index contributed by atoms with van der Waals surface area (Å²) in [5.74, 6) is 0.638. The lowest BCUT2D eigenvalue weighted by molar-refractivity contribution is 0.0169. The van der Waals surface area contributed by atoms with E-state index in [0.717, 1.165) is 50.7 Å². The molecule has 0 radical (unpaired) electrons. The zero-order chi connectivity index (χ0) is 21.9. The van der Waals surface area contributed by atoms with Crippen LogP contribution in [-0.2, 0) is 9.47 Å². The zero-order valence-corrected chi connectivity index (χ0v) is 19.2. The molecule has 0 bridgehead atoms.